The maximum absolute atomic E-state index is 12.6. The van der Waals surface area contributed by atoms with Crippen molar-refractivity contribution in [1.82, 2.24) is 4.98 Å². The van der Waals surface area contributed by atoms with E-state index >= 15 is 0 Å². The number of benzene rings is 2. The quantitative estimate of drug-likeness (QED) is 0.728. The van der Waals surface area contributed by atoms with Gasteiger partial charge in [0, 0.05) is 17.0 Å². The van der Waals surface area contributed by atoms with Crippen LogP contribution in [0.15, 0.2) is 35.1 Å². The van der Waals surface area contributed by atoms with Gasteiger partial charge in [-0.1, -0.05) is 11.6 Å². The lowest BCUT2D eigenvalue weighted by Crippen LogP contribution is -2.05. The van der Waals surface area contributed by atoms with E-state index in [9.17, 15) is 4.79 Å². The van der Waals surface area contributed by atoms with E-state index < -0.39 is 0 Å². The Kier molecular flexibility index (Phi) is 2.86. The van der Waals surface area contributed by atoms with Crippen LogP contribution in [0.4, 0.5) is 0 Å². The molecule has 0 amide bonds. The van der Waals surface area contributed by atoms with Crippen molar-refractivity contribution in [3.8, 4) is 11.5 Å². The summed E-state index contributed by atoms with van der Waals surface area (Å²) in [7, 11) is 3.13. The molecule has 0 aliphatic carbocycles. The first kappa shape index (κ1) is 12.5. The zero-order chi connectivity index (χ0) is 14.3. The first-order valence-corrected chi connectivity index (χ1v) is 6.32. The Morgan fingerprint density at radius 1 is 0.900 bits per heavy atom. The maximum atomic E-state index is 12.6. The summed E-state index contributed by atoms with van der Waals surface area (Å²) in [4.78, 5) is 15.9. The lowest BCUT2D eigenvalue weighted by atomic mass is 10.1. The lowest BCUT2D eigenvalue weighted by Gasteiger charge is -2.10. The van der Waals surface area contributed by atoms with Crippen LogP contribution in [0.2, 0.25) is 0 Å². The average Bonchev–Trinajstić information content (AvgIpc) is 2.47. The van der Waals surface area contributed by atoms with Crippen molar-refractivity contribution in [2.45, 2.75) is 6.92 Å². The second kappa shape index (κ2) is 4.56. The largest absolute Gasteiger partial charge is 0.493 e. The molecule has 1 N–H and O–H groups in total. The topological polar surface area (TPSA) is 51.3 Å². The highest BCUT2D eigenvalue weighted by Crippen LogP contribution is 2.30. The third kappa shape index (κ3) is 1.81. The van der Waals surface area contributed by atoms with Gasteiger partial charge in [-0.3, -0.25) is 4.79 Å². The van der Waals surface area contributed by atoms with Gasteiger partial charge in [-0.15, -0.1) is 0 Å². The van der Waals surface area contributed by atoms with Crippen molar-refractivity contribution in [3.63, 3.8) is 0 Å². The molecule has 1 aromatic heterocycles. The fourth-order valence-corrected chi connectivity index (χ4v) is 2.42. The minimum atomic E-state index is -0.00148. The highest BCUT2D eigenvalue weighted by atomic mass is 16.5. The van der Waals surface area contributed by atoms with E-state index in [4.69, 9.17) is 9.47 Å². The minimum Gasteiger partial charge on any atom is -0.493 e. The first-order valence-electron chi connectivity index (χ1n) is 6.32. The smallest absolute Gasteiger partial charge is 0.197 e. The zero-order valence-electron chi connectivity index (χ0n) is 11.6. The van der Waals surface area contributed by atoms with Crippen LogP contribution in [0.25, 0.3) is 21.8 Å². The van der Waals surface area contributed by atoms with Gasteiger partial charge in [0.2, 0.25) is 0 Å². The Labute approximate surface area is 115 Å². The highest BCUT2D eigenvalue weighted by molar-refractivity contribution is 5.94. The van der Waals surface area contributed by atoms with Gasteiger partial charge >= 0.3 is 0 Å². The summed E-state index contributed by atoms with van der Waals surface area (Å²) in [5, 5.41) is 1.28. The van der Waals surface area contributed by atoms with E-state index in [0.717, 1.165) is 16.6 Å². The lowest BCUT2D eigenvalue weighted by molar-refractivity contribution is 0.356. The molecule has 0 atom stereocenters. The van der Waals surface area contributed by atoms with Crippen LogP contribution in [0, 0.1) is 6.92 Å². The van der Waals surface area contributed by atoms with Gasteiger partial charge in [-0.2, -0.15) is 0 Å². The van der Waals surface area contributed by atoms with Crippen molar-refractivity contribution >= 4 is 21.8 Å². The summed E-state index contributed by atoms with van der Waals surface area (Å²) < 4.78 is 10.5. The molecule has 0 unspecified atom stereocenters. The van der Waals surface area contributed by atoms with Crippen molar-refractivity contribution in [2.75, 3.05) is 14.2 Å². The van der Waals surface area contributed by atoms with Gasteiger partial charge in [-0.25, -0.2) is 0 Å². The van der Waals surface area contributed by atoms with Gasteiger partial charge in [0.1, 0.15) is 0 Å². The number of aromatic nitrogens is 1. The second-order valence-electron chi connectivity index (χ2n) is 4.76. The number of hydrogen-bond acceptors (Lipinski definition) is 3. The fraction of sp³-hybridized carbons (Fsp3) is 0.188. The van der Waals surface area contributed by atoms with Crippen LogP contribution < -0.4 is 14.9 Å². The molecule has 0 radical (unpaired) electrons. The van der Waals surface area contributed by atoms with Gasteiger partial charge in [0.25, 0.3) is 0 Å². The third-order valence-electron chi connectivity index (χ3n) is 3.46. The number of nitrogens with one attached hydrogen (secondary N) is 1. The standard InChI is InChI=1S/C16H15NO3/c1-9-4-5-12-10(6-9)16(18)11-7-14(19-2)15(20-3)8-13(11)17-12/h4-8H,1-3H3,(H,17,18). The molecule has 4 heteroatoms. The number of ether oxygens (including phenoxy) is 2. The first-order chi connectivity index (χ1) is 9.63. The van der Waals surface area contributed by atoms with E-state index in [1.807, 2.05) is 25.1 Å². The molecule has 20 heavy (non-hydrogen) atoms. The van der Waals surface area contributed by atoms with E-state index in [1.54, 1.807) is 26.4 Å². The number of fused-ring (bicyclic) bond motifs is 2. The molecular weight excluding hydrogens is 254 g/mol. The number of H-pyrrole nitrogens is 1. The van der Waals surface area contributed by atoms with Crippen LogP contribution in [-0.2, 0) is 0 Å². The van der Waals surface area contributed by atoms with Crippen LogP contribution in [0.3, 0.4) is 0 Å². The van der Waals surface area contributed by atoms with E-state index in [1.165, 1.54) is 0 Å². The number of pyridine rings is 1. The second-order valence-corrected chi connectivity index (χ2v) is 4.76. The monoisotopic (exact) mass is 269 g/mol. The highest BCUT2D eigenvalue weighted by Gasteiger charge is 2.11. The summed E-state index contributed by atoms with van der Waals surface area (Å²) in [5.41, 5.74) is 2.62. The van der Waals surface area contributed by atoms with Crippen molar-refractivity contribution in [2.24, 2.45) is 0 Å². The molecule has 1 heterocycles. The number of hydrogen-bond donors (Lipinski definition) is 1. The molecule has 0 saturated carbocycles. The Morgan fingerprint density at radius 2 is 1.55 bits per heavy atom. The molecule has 0 fully saturated rings. The number of aryl methyl sites for hydroxylation is 1. The van der Waals surface area contributed by atoms with Crippen molar-refractivity contribution < 1.29 is 9.47 Å². The van der Waals surface area contributed by atoms with Crippen LogP contribution in [0.5, 0.6) is 11.5 Å². The molecule has 0 spiro atoms. The summed E-state index contributed by atoms with van der Waals surface area (Å²) >= 11 is 0. The number of rotatable bonds is 2. The predicted octanol–water partition coefficient (Wildman–Crippen LogP) is 3.01. The van der Waals surface area contributed by atoms with Crippen molar-refractivity contribution in [3.05, 3.63) is 46.1 Å². The van der Waals surface area contributed by atoms with E-state index in [-0.39, 0.29) is 5.43 Å². The molecule has 0 aliphatic rings. The maximum Gasteiger partial charge on any atom is 0.197 e. The predicted molar refractivity (Wildman–Crippen MR) is 79.9 cm³/mol. The molecule has 0 saturated heterocycles. The fourth-order valence-electron chi connectivity index (χ4n) is 2.42. The molecule has 102 valence electrons. The molecule has 3 rings (SSSR count). The Hall–Kier alpha value is -2.49. The Balaban J connectivity index is 2.47. The number of methoxy groups -OCH3 is 2. The van der Waals surface area contributed by atoms with E-state index in [0.29, 0.717) is 22.3 Å². The van der Waals surface area contributed by atoms with Crippen LogP contribution in [-0.4, -0.2) is 19.2 Å². The molecule has 0 bridgehead atoms. The Bertz CT molecular complexity index is 865. The average molecular weight is 269 g/mol. The van der Waals surface area contributed by atoms with Gasteiger partial charge in [-0.05, 0) is 25.1 Å². The van der Waals surface area contributed by atoms with Gasteiger partial charge < -0.3 is 14.5 Å². The van der Waals surface area contributed by atoms with Crippen LogP contribution in [0.1, 0.15) is 5.56 Å². The van der Waals surface area contributed by atoms with Gasteiger partial charge in [0.15, 0.2) is 16.9 Å². The molecular formula is C16H15NO3. The minimum absolute atomic E-state index is 0.00148. The third-order valence-corrected chi connectivity index (χ3v) is 3.46. The summed E-state index contributed by atoms with van der Waals surface area (Å²) in [6.07, 6.45) is 0. The summed E-state index contributed by atoms with van der Waals surface area (Å²) in [6.45, 7) is 1.97. The van der Waals surface area contributed by atoms with Gasteiger partial charge in [0.05, 0.1) is 25.1 Å². The summed E-state index contributed by atoms with van der Waals surface area (Å²) in [6, 6.07) is 9.29. The zero-order valence-corrected chi connectivity index (χ0v) is 11.6. The normalized spacial score (nSPS) is 10.9. The van der Waals surface area contributed by atoms with E-state index in [2.05, 4.69) is 4.98 Å². The number of aromatic amines is 1. The van der Waals surface area contributed by atoms with Crippen molar-refractivity contribution in [1.29, 1.82) is 0 Å². The summed E-state index contributed by atoms with van der Waals surface area (Å²) in [5.74, 6) is 1.15. The molecule has 4 nitrogen and oxygen atoms in total. The molecule has 2 aromatic carbocycles. The Morgan fingerprint density at radius 3 is 2.25 bits per heavy atom. The van der Waals surface area contributed by atoms with Crippen LogP contribution >= 0.6 is 0 Å². The molecule has 0 aliphatic heterocycles. The SMILES string of the molecule is COc1cc2[nH]c3ccc(C)cc3c(=O)c2cc1OC. The molecule has 3 aromatic rings.